The molecule has 0 bridgehead atoms. The van der Waals surface area contributed by atoms with Gasteiger partial charge in [-0.15, -0.1) is 0 Å². The number of aromatic nitrogens is 3. The van der Waals surface area contributed by atoms with Crippen LogP contribution in [0.5, 0.6) is 0 Å². The fourth-order valence-electron chi connectivity index (χ4n) is 2.48. The third-order valence-corrected chi connectivity index (χ3v) is 3.68. The van der Waals surface area contributed by atoms with Crippen molar-refractivity contribution in [2.45, 2.75) is 38.8 Å². The summed E-state index contributed by atoms with van der Waals surface area (Å²) in [6.07, 6.45) is 1.91. The highest BCUT2D eigenvalue weighted by molar-refractivity contribution is 5.55. The maximum atomic E-state index is 6.08. The standard InChI is InChI=1S/C14H18N4/c1-9-4-3-5-11(8-9)14-16-13-7-6-12(15)10(2)18(13)17-14/h3-5,8,10,12H,6-7,15H2,1-2H3. The molecule has 0 aliphatic carbocycles. The van der Waals surface area contributed by atoms with Gasteiger partial charge in [0.2, 0.25) is 0 Å². The van der Waals surface area contributed by atoms with E-state index in [1.54, 1.807) is 0 Å². The lowest BCUT2D eigenvalue weighted by atomic mass is 10.0. The van der Waals surface area contributed by atoms with Crippen molar-refractivity contribution in [1.29, 1.82) is 0 Å². The topological polar surface area (TPSA) is 56.7 Å². The van der Waals surface area contributed by atoms with Gasteiger partial charge in [-0.2, -0.15) is 5.10 Å². The van der Waals surface area contributed by atoms with Crippen LogP contribution in [0.1, 0.15) is 30.8 Å². The first-order chi connectivity index (χ1) is 8.65. The summed E-state index contributed by atoms with van der Waals surface area (Å²) in [5, 5.41) is 4.62. The molecule has 94 valence electrons. The van der Waals surface area contributed by atoms with Crippen LogP contribution < -0.4 is 5.73 Å². The molecule has 2 heterocycles. The summed E-state index contributed by atoms with van der Waals surface area (Å²) in [4.78, 5) is 4.64. The Morgan fingerprint density at radius 2 is 2.22 bits per heavy atom. The minimum atomic E-state index is 0.185. The van der Waals surface area contributed by atoms with E-state index >= 15 is 0 Å². The number of aryl methyl sites for hydroxylation is 2. The van der Waals surface area contributed by atoms with Crippen LogP contribution in [-0.2, 0) is 6.42 Å². The number of nitrogens with zero attached hydrogens (tertiary/aromatic N) is 3. The first kappa shape index (κ1) is 11.4. The maximum absolute atomic E-state index is 6.08. The highest BCUT2D eigenvalue weighted by atomic mass is 15.4. The molecule has 2 aromatic rings. The van der Waals surface area contributed by atoms with Gasteiger partial charge in [-0.3, -0.25) is 0 Å². The van der Waals surface area contributed by atoms with E-state index in [0.29, 0.717) is 0 Å². The molecule has 0 spiro atoms. The molecule has 1 aliphatic heterocycles. The molecule has 0 radical (unpaired) electrons. The molecule has 2 unspecified atom stereocenters. The van der Waals surface area contributed by atoms with E-state index in [9.17, 15) is 0 Å². The second-order valence-electron chi connectivity index (χ2n) is 5.11. The Balaban J connectivity index is 2.03. The van der Waals surface area contributed by atoms with Gasteiger partial charge in [0.05, 0.1) is 6.04 Å². The van der Waals surface area contributed by atoms with Crippen LogP contribution in [0.4, 0.5) is 0 Å². The Hall–Kier alpha value is -1.68. The van der Waals surface area contributed by atoms with Crippen LogP contribution in [0.25, 0.3) is 11.4 Å². The second-order valence-corrected chi connectivity index (χ2v) is 5.11. The quantitative estimate of drug-likeness (QED) is 0.833. The molecule has 1 aromatic carbocycles. The minimum Gasteiger partial charge on any atom is -0.326 e. The summed E-state index contributed by atoms with van der Waals surface area (Å²) in [5.41, 5.74) is 8.38. The largest absolute Gasteiger partial charge is 0.326 e. The lowest BCUT2D eigenvalue weighted by Crippen LogP contribution is -2.36. The second kappa shape index (κ2) is 4.21. The van der Waals surface area contributed by atoms with Crippen LogP contribution in [0.2, 0.25) is 0 Å². The number of hydrogen-bond donors (Lipinski definition) is 1. The van der Waals surface area contributed by atoms with Gasteiger partial charge >= 0.3 is 0 Å². The molecule has 0 saturated carbocycles. The summed E-state index contributed by atoms with van der Waals surface area (Å²) in [6.45, 7) is 4.19. The summed E-state index contributed by atoms with van der Waals surface area (Å²) in [5.74, 6) is 1.87. The third-order valence-electron chi connectivity index (χ3n) is 3.68. The highest BCUT2D eigenvalue weighted by Crippen LogP contribution is 2.25. The Labute approximate surface area is 107 Å². The zero-order valence-corrected chi connectivity index (χ0v) is 10.8. The van der Waals surface area contributed by atoms with Crippen molar-refractivity contribution in [3.8, 4) is 11.4 Å². The number of rotatable bonds is 1. The molecular formula is C14H18N4. The van der Waals surface area contributed by atoms with Gasteiger partial charge in [0.1, 0.15) is 5.82 Å². The van der Waals surface area contributed by atoms with Crippen molar-refractivity contribution in [2.75, 3.05) is 0 Å². The highest BCUT2D eigenvalue weighted by Gasteiger charge is 2.26. The maximum Gasteiger partial charge on any atom is 0.181 e. The average Bonchev–Trinajstić information content (AvgIpc) is 2.79. The van der Waals surface area contributed by atoms with Crippen LogP contribution in [-0.4, -0.2) is 20.8 Å². The van der Waals surface area contributed by atoms with Gasteiger partial charge in [-0.1, -0.05) is 23.8 Å². The summed E-state index contributed by atoms with van der Waals surface area (Å²) >= 11 is 0. The summed E-state index contributed by atoms with van der Waals surface area (Å²) in [6, 6.07) is 8.72. The average molecular weight is 242 g/mol. The van der Waals surface area contributed by atoms with Crippen molar-refractivity contribution in [1.82, 2.24) is 14.8 Å². The fourth-order valence-corrected chi connectivity index (χ4v) is 2.48. The Morgan fingerprint density at radius 3 is 3.00 bits per heavy atom. The molecule has 1 aromatic heterocycles. The number of hydrogen-bond acceptors (Lipinski definition) is 3. The van der Waals surface area contributed by atoms with E-state index in [1.807, 2.05) is 10.7 Å². The molecule has 3 rings (SSSR count). The van der Waals surface area contributed by atoms with Gasteiger partial charge in [0, 0.05) is 18.0 Å². The molecule has 2 N–H and O–H groups in total. The molecule has 1 aliphatic rings. The molecule has 4 nitrogen and oxygen atoms in total. The smallest absolute Gasteiger partial charge is 0.181 e. The lowest BCUT2D eigenvalue weighted by molar-refractivity contribution is 0.339. The van der Waals surface area contributed by atoms with Crippen LogP contribution in [0.3, 0.4) is 0 Å². The van der Waals surface area contributed by atoms with Crippen molar-refractivity contribution >= 4 is 0 Å². The zero-order chi connectivity index (χ0) is 12.7. The molecule has 0 amide bonds. The number of benzene rings is 1. The fraction of sp³-hybridized carbons (Fsp3) is 0.429. The molecule has 0 saturated heterocycles. The predicted molar refractivity (Wildman–Crippen MR) is 71.2 cm³/mol. The predicted octanol–water partition coefficient (Wildman–Crippen LogP) is 2.09. The molecular weight excluding hydrogens is 224 g/mol. The van der Waals surface area contributed by atoms with E-state index in [2.05, 4.69) is 42.1 Å². The Morgan fingerprint density at radius 1 is 1.39 bits per heavy atom. The van der Waals surface area contributed by atoms with Gasteiger partial charge in [0.15, 0.2) is 5.82 Å². The normalized spacial score (nSPS) is 22.8. The van der Waals surface area contributed by atoms with Crippen molar-refractivity contribution in [2.24, 2.45) is 5.73 Å². The van der Waals surface area contributed by atoms with E-state index in [4.69, 9.17) is 5.73 Å². The SMILES string of the molecule is Cc1cccc(-c2nc3n(n2)C(C)C(N)CC3)c1. The lowest BCUT2D eigenvalue weighted by Gasteiger charge is -2.25. The molecule has 2 atom stereocenters. The molecule has 0 fully saturated rings. The van der Waals surface area contributed by atoms with Crippen LogP contribution in [0.15, 0.2) is 24.3 Å². The first-order valence-corrected chi connectivity index (χ1v) is 6.43. The minimum absolute atomic E-state index is 0.185. The monoisotopic (exact) mass is 242 g/mol. The van der Waals surface area contributed by atoms with Gasteiger partial charge in [0.25, 0.3) is 0 Å². The van der Waals surface area contributed by atoms with E-state index in [1.165, 1.54) is 5.56 Å². The Bertz CT molecular complexity index is 573. The first-order valence-electron chi connectivity index (χ1n) is 6.43. The van der Waals surface area contributed by atoms with Crippen molar-refractivity contribution in [3.05, 3.63) is 35.7 Å². The van der Waals surface area contributed by atoms with Crippen molar-refractivity contribution < 1.29 is 0 Å². The molecule has 18 heavy (non-hydrogen) atoms. The summed E-state index contributed by atoms with van der Waals surface area (Å²) < 4.78 is 1.99. The van der Waals surface area contributed by atoms with Gasteiger partial charge in [-0.05, 0) is 26.3 Å². The van der Waals surface area contributed by atoms with Gasteiger partial charge < -0.3 is 5.73 Å². The van der Waals surface area contributed by atoms with Crippen molar-refractivity contribution in [3.63, 3.8) is 0 Å². The number of nitrogens with two attached hydrogens (primary N) is 1. The third kappa shape index (κ3) is 1.82. The number of fused-ring (bicyclic) bond motifs is 1. The molecule has 4 heteroatoms. The van der Waals surface area contributed by atoms with E-state index < -0.39 is 0 Å². The van der Waals surface area contributed by atoms with E-state index in [-0.39, 0.29) is 12.1 Å². The van der Waals surface area contributed by atoms with Gasteiger partial charge in [-0.25, -0.2) is 9.67 Å². The zero-order valence-electron chi connectivity index (χ0n) is 10.8. The van der Waals surface area contributed by atoms with E-state index in [0.717, 1.165) is 30.1 Å². The Kier molecular flexibility index (Phi) is 2.67. The summed E-state index contributed by atoms with van der Waals surface area (Å²) in [7, 11) is 0. The van der Waals surface area contributed by atoms with Crippen LogP contribution >= 0.6 is 0 Å². The van der Waals surface area contributed by atoms with Crippen LogP contribution in [0, 0.1) is 6.92 Å².